The van der Waals surface area contributed by atoms with Crippen LogP contribution in [-0.2, 0) is 12.8 Å². The molecule has 4 rings (SSSR count). The molecule has 1 N–H and O–H groups in total. The predicted molar refractivity (Wildman–Crippen MR) is 117 cm³/mol. The Balaban J connectivity index is 1.71. The lowest BCUT2D eigenvalue weighted by molar-refractivity contribution is 1.01. The van der Waals surface area contributed by atoms with Crippen molar-refractivity contribution < 1.29 is 0 Å². The molecule has 0 atom stereocenters. The summed E-state index contributed by atoms with van der Waals surface area (Å²) in [4.78, 5) is 3.64. The molecule has 0 spiro atoms. The molecule has 0 bridgehead atoms. The zero-order valence-electron chi connectivity index (χ0n) is 15.0. The Labute approximate surface area is 173 Å². The highest BCUT2D eigenvalue weighted by atomic mass is 35.5. The number of benzene rings is 3. The van der Waals surface area contributed by atoms with Gasteiger partial charge < -0.3 is 9.80 Å². The van der Waals surface area contributed by atoms with Crippen LogP contribution in [0.3, 0.4) is 0 Å². The first-order valence-electron chi connectivity index (χ1n) is 8.62. The van der Waals surface area contributed by atoms with E-state index in [9.17, 15) is 0 Å². The van der Waals surface area contributed by atoms with Gasteiger partial charge in [-0.25, -0.2) is 0 Å². The van der Waals surface area contributed by atoms with Crippen LogP contribution in [0.1, 0.15) is 11.1 Å². The van der Waals surface area contributed by atoms with Gasteiger partial charge in [0.05, 0.1) is 15.1 Å². The minimum Gasteiger partial charge on any atom is -0.315 e. The van der Waals surface area contributed by atoms with Crippen LogP contribution in [0.15, 0.2) is 42.5 Å². The standard InChI is InChI=1S/C21H18Cl3N3/c1-26(14-10-16(22)20(24)17(23)11-14)21(25)27(2)18-9-7-13-5-3-4-12-6-8-15(18)19(12)13/h3-5,7,9-11,25H,6,8H2,1-2H3. The smallest absolute Gasteiger partial charge is 0.202 e. The van der Waals surface area contributed by atoms with Crippen LogP contribution in [0.4, 0.5) is 11.4 Å². The topological polar surface area (TPSA) is 30.3 Å². The predicted octanol–water partition coefficient (Wildman–Crippen LogP) is 6.41. The summed E-state index contributed by atoms with van der Waals surface area (Å²) in [5, 5.41) is 12.4. The lowest BCUT2D eigenvalue weighted by Crippen LogP contribution is -2.40. The van der Waals surface area contributed by atoms with Crippen molar-refractivity contribution in [2.24, 2.45) is 0 Å². The van der Waals surface area contributed by atoms with Gasteiger partial charge in [-0.2, -0.15) is 0 Å². The normalized spacial score (nSPS) is 12.5. The van der Waals surface area contributed by atoms with E-state index in [1.54, 1.807) is 17.0 Å². The molecule has 0 radical (unpaired) electrons. The van der Waals surface area contributed by atoms with Gasteiger partial charge in [0.1, 0.15) is 0 Å². The summed E-state index contributed by atoms with van der Waals surface area (Å²) in [7, 11) is 3.73. The number of hydrogen-bond acceptors (Lipinski definition) is 1. The highest BCUT2D eigenvalue weighted by Crippen LogP contribution is 2.38. The van der Waals surface area contributed by atoms with E-state index in [2.05, 4.69) is 30.3 Å². The molecule has 0 unspecified atom stereocenters. The van der Waals surface area contributed by atoms with Crippen LogP contribution >= 0.6 is 34.8 Å². The number of anilines is 2. The summed E-state index contributed by atoms with van der Waals surface area (Å²) >= 11 is 18.4. The Morgan fingerprint density at radius 3 is 2.33 bits per heavy atom. The van der Waals surface area contributed by atoms with Crippen LogP contribution in [0.2, 0.25) is 15.1 Å². The van der Waals surface area contributed by atoms with Crippen molar-refractivity contribution in [3.05, 3.63) is 68.7 Å². The Bertz CT molecular complexity index is 1050. The van der Waals surface area contributed by atoms with Gasteiger partial charge in [-0.05, 0) is 52.9 Å². The van der Waals surface area contributed by atoms with Gasteiger partial charge in [-0.3, -0.25) is 5.41 Å². The largest absolute Gasteiger partial charge is 0.315 e. The van der Waals surface area contributed by atoms with Crippen molar-refractivity contribution in [2.45, 2.75) is 12.8 Å². The van der Waals surface area contributed by atoms with Crippen LogP contribution < -0.4 is 9.80 Å². The van der Waals surface area contributed by atoms with E-state index < -0.39 is 0 Å². The molecule has 0 saturated carbocycles. The van der Waals surface area contributed by atoms with Crippen molar-refractivity contribution >= 4 is 62.9 Å². The molecule has 0 aromatic heterocycles. The minimum absolute atomic E-state index is 0.324. The van der Waals surface area contributed by atoms with Crippen LogP contribution in [0, 0.1) is 5.41 Å². The molecule has 1 aliphatic rings. The number of nitrogens with one attached hydrogen (secondary N) is 1. The quantitative estimate of drug-likeness (QED) is 0.296. The molecule has 0 heterocycles. The average Bonchev–Trinajstić information content (AvgIpc) is 3.10. The fourth-order valence-corrected chi connectivity index (χ4v) is 4.34. The third-order valence-corrected chi connectivity index (χ3v) is 6.41. The van der Waals surface area contributed by atoms with Gasteiger partial charge in [-0.15, -0.1) is 0 Å². The summed E-state index contributed by atoms with van der Waals surface area (Å²) in [6.07, 6.45) is 2.04. The monoisotopic (exact) mass is 417 g/mol. The Morgan fingerprint density at radius 1 is 0.926 bits per heavy atom. The van der Waals surface area contributed by atoms with E-state index >= 15 is 0 Å². The molecule has 3 aromatic carbocycles. The zero-order chi connectivity index (χ0) is 19.3. The first-order chi connectivity index (χ1) is 12.9. The average molecular weight is 419 g/mol. The molecule has 1 aliphatic carbocycles. The summed E-state index contributed by atoms with van der Waals surface area (Å²) in [6.45, 7) is 0. The van der Waals surface area contributed by atoms with E-state index in [-0.39, 0.29) is 0 Å². The van der Waals surface area contributed by atoms with E-state index in [0.717, 1.165) is 18.5 Å². The zero-order valence-corrected chi connectivity index (χ0v) is 17.3. The maximum Gasteiger partial charge on any atom is 0.202 e. The van der Waals surface area contributed by atoms with E-state index in [1.807, 2.05) is 19.0 Å². The first-order valence-corrected chi connectivity index (χ1v) is 9.76. The van der Waals surface area contributed by atoms with Crippen LogP contribution in [0.5, 0.6) is 0 Å². The second kappa shape index (κ2) is 6.90. The number of guanidine groups is 1. The maximum absolute atomic E-state index is 8.70. The molecule has 0 aliphatic heterocycles. The minimum atomic E-state index is 0.324. The number of aryl methyl sites for hydroxylation is 2. The highest BCUT2D eigenvalue weighted by molar-refractivity contribution is 6.48. The first kappa shape index (κ1) is 18.4. The van der Waals surface area contributed by atoms with E-state index in [4.69, 9.17) is 40.2 Å². The van der Waals surface area contributed by atoms with Gasteiger partial charge in [0, 0.05) is 25.5 Å². The fraction of sp³-hybridized carbons (Fsp3) is 0.190. The Kier molecular flexibility index (Phi) is 4.71. The van der Waals surface area contributed by atoms with Gasteiger partial charge in [0.2, 0.25) is 5.96 Å². The van der Waals surface area contributed by atoms with Crippen LogP contribution in [-0.4, -0.2) is 20.1 Å². The van der Waals surface area contributed by atoms with Gasteiger partial charge >= 0.3 is 0 Å². The summed E-state index contributed by atoms with van der Waals surface area (Å²) in [5.41, 5.74) is 4.45. The van der Waals surface area contributed by atoms with Crippen molar-refractivity contribution in [3.63, 3.8) is 0 Å². The SMILES string of the molecule is CN(C(=N)N(C)c1ccc2cccc3c2c1CC3)c1cc(Cl)c(Cl)c(Cl)c1. The number of nitrogens with zero attached hydrogens (tertiary/aromatic N) is 2. The molecule has 27 heavy (non-hydrogen) atoms. The molecule has 138 valence electrons. The number of rotatable bonds is 2. The molecule has 6 heteroatoms. The fourth-order valence-electron chi connectivity index (χ4n) is 3.76. The lowest BCUT2D eigenvalue weighted by Gasteiger charge is -2.30. The number of hydrogen-bond donors (Lipinski definition) is 1. The molecular formula is C21H18Cl3N3. The second-order valence-electron chi connectivity index (χ2n) is 6.74. The molecule has 0 saturated heterocycles. The molecule has 0 amide bonds. The van der Waals surface area contributed by atoms with E-state index in [0.29, 0.717) is 26.7 Å². The van der Waals surface area contributed by atoms with E-state index in [1.165, 1.54) is 21.9 Å². The molecule has 3 aromatic rings. The summed E-state index contributed by atoms with van der Waals surface area (Å²) < 4.78 is 0. The highest BCUT2D eigenvalue weighted by Gasteiger charge is 2.22. The summed E-state index contributed by atoms with van der Waals surface area (Å²) in [6, 6.07) is 14.1. The molecule has 0 fully saturated rings. The lowest BCUT2D eigenvalue weighted by atomic mass is 10.0. The third kappa shape index (κ3) is 3.04. The van der Waals surface area contributed by atoms with Gasteiger partial charge in [0.15, 0.2) is 0 Å². The van der Waals surface area contributed by atoms with Gasteiger partial charge in [0.25, 0.3) is 0 Å². The Hall–Kier alpha value is -1.94. The van der Waals surface area contributed by atoms with Crippen molar-refractivity contribution in [3.8, 4) is 0 Å². The second-order valence-corrected chi connectivity index (χ2v) is 7.94. The third-order valence-electron chi connectivity index (χ3n) is 5.21. The van der Waals surface area contributed by atoms with Crippen molar-refractivity contribution in [1.29, 1.82) is 5.41 Å². The van der Waals surface area contributed by atoms with Crippen molar-refractivity contribution in [2.75, 3.05) is 23.9 Å². The maximum atomic E-state index is 8.70. The summed E-state index contributed by atoms with van der Waals surface area (Å²) in [5.74, 6) is 0.324. The Morgan fingerprint density at radius 2 is 1.63 bits per heavy atom. The van der Waals surface area contributed by atoms with Crippen molar-refractivity contribution in [1.82, 2.24) is 0 Å². The van der Waals surface area contributed by atoms with Gasteiger partial charge in [-0.1, -0.05) is 59.1 Å². The molecular weight excluding hydrogens is 401 g/mol. The number of halogens is 3. The van der Waals surface area contributed by atoms with Crippen LogP contribution in [0.25, 0.3) is 10.8 Å². The molecule has 3 nitrogen and oxygen atoms in total.